The number of carbonyl (C=O) groups is 2. The van der Waals surface area contributed by atoms with Crippen LogP contribution >= 0.6 is 0 Å². The maximum atomic E-state index is 12.2. The average molecular weight is 282 g/mol. The van der Waals surface area contributed by atoms with Gasteiger partial charge in [-0.1, -0.05) is 29.8 Å². The Bertz CT molecular complexity index is 661. The minimum atomic E-state index is -0.228. The van der Waals surface area contributed by atoms with Gasteiger partial charge in [-0.2, -0.15) is 0 Å². The van der Waals surface area contributed by atoms with E-state index in [0.29, 0.717) is 16.8 Å². The number of benzene rings is 2. The Kier molecular flexibility index (Phi) is 4.38. The van der Waals surface area contributed by atoms with Crippen molar-refractivity contribution in [2.75, 3.05) is 19.4 Å². The third kappa shape index (κ3) is 3.48. The molecule has 0 aliphatic rings. The van der Waals surface area contributed by atoms with Crippen LogP contribution in [-0.2, 0) is 0 Å². The second kappa shape index (κ2) is 6.22. The van der Waals surface area contributed by atoms with Crippen molar-refractivity contribution in [3.63, 3.8) is 0 Å². The van der Waals surface area contributed by atoms with E-state index in [1.807, 2.05) is 19.1 Å². The molecule has 0 aliphatic carbocycles. The van der Waals surface area contributed by atoms with Crippen molar-refractivity contribution < 1.29 is 9.59 Å². The largest absolute Gasteiger partial charge is 0.345 e. The maximum absolute atomic E-state index is 12.2. The highest BCUT2D eigenvalue weighted by Crippen LogP contribution is 2.17. The van der Waals surface area contributed by atoms with Crippen molar-refractivity contribution in [2.24, 2.45) is 0 Å². The number of rotatable bonds is 3. The molecule has 2 rings (SSSR count). The molecule has 0 radical (unpaired) electrons. The lowest BCUT2D eigenvalue weighted by molar-refractivity contribution is 0.0828. The SMILES string of the molecule is Cc1ccc(C(=O)Nc2ccccc2C(=O)N(C)C)cc1. The zero-order chi connectivity index (χ0) is 15.4. The van der Waals surface area contributed by atoms with E-state index in [0.717, 1.165) is 5.56 Å². The predicted molar refractivity (Wildman–Crippen MR) is 83.6 cm³/mol. The Morgan fingerprint density at radius 2 is 1.57 bits per heavy atom. The van der Waals surface area contributed by atoms with Gasteiger partial charge in [-0.15, -0.1) is 0 Å². The predicted octanol–water partition coefficient (Wildman–Crippen LogP) is 2.95. The summed E-state index contributed by atoms with van der Waals surface area (Å²) < 4.78 is 0. The number of aryl methyl sites for hydroxylation is 1. The molecule has 2 aromatic rings. The molecule has 4 heteroatoms. The standard InChI is InChI=1S/C17H18N2O2/c1-12-8-10-13(11-9-12)16(20)18-15-7-5-4-6-14(15)17(21)19(2)3/h4-11H,1-3H3,(H,18,20). The molecule has 21 heavy (non-hydrogen) atoms. The Morgan fingerprint density at radius 1 is 0.952 bits per heavy atom. The highest BCUT2D eigenvalue weighted by Gasteiger charge is 2.15. The first-order valence-corrected chi connectivity index (χ1v) is 6.67. The highest BCUT2D eigenvalue weighted by atomic mass is 16.2. The number of carbonyl (C=O) groups excluding carboxylic acids is 2. The summed E-state index contributed by atoms with van der Waals surface area (Å²) in [6, 6.07) is 14.3. The minimum absolute atomic E-state index is 0.144. The first-order chi connectivity index (χ1) is 9.99. The minimum Gasteiger partial charge on any atom is -0.345 e. The van der Waals surface area contributed by atoms with Crippen LogP contribution in [0.2, 0.25) is 0 Å². The highest BCUT2D eigenvalue weighted by molar-refractivity contribution is 6.08. The molecule has 0 heterocycles. The summed E-state index contributed by atoms with van der Waals surface area (Å²) in [5.41, 5.74) is 2.65. The number of nitrogens with one attached hydrogen (secondary N) is 1. The number of hydrogen-bond donors (Lipinski definition) is 1. The number of amides is 2. The molecular formula is C17H18N2O2. The van der Waals surface area contributed by atoms with Gasteiger partial charge in [0.15, 0.2) is 0 Å². The summed E-state index contributed by atoms with van der Waals surface area (Å²) in [7, 11) is 3.36. The van der Waals surface area contributed by atoms with Gasteiger partial charge in [-0.3, -0.25) is 9.59 Å². The summed E-state index contributed by atoms with van der Waals surface area (Å²) in [5.74, 6) is -0.371. The van der Waals surface area contributed by atoms with Gasteiger partial charge in [-0.25, -0.2) is 0 Å². The molecule has 4 nitrogen and oxygen atoms in total. The topological polar surface area (TPSA) is 49.4 Å². The summed E-state index contributed by atoms with van der Waals surface area (Å²) >= 11 is 0. The Labute approximate surface area is 124 Å². The summed E-state index contributed by atoms with van der Waals surface area (Å²) in [6.07, 6.45) is 0. The molecule has 0 saturated carbocycles. The summed E-state index contributed by atoms with van der Waals surface area (Å²) in [5, 5.41) is 2.80. The fraction of sp³-hybridized carbons (Fsp3) is 0.176. The average Bonchev–Trinajstić information content (AvgIpc) is 2.47. The van der Waals surface area contributed by atoms with Crippen molar-refractivity contribution in [1.82, 2.24) is 4.90 Å². The van der Waals surface area contributed by atoms with Gasteiger partial charge in [0.1, 0.15) is 0 Å². The molecule has 1 N–H and O–H groups in total. The van der Waals surface area contributed by atoms with Gasteiger partial charge < -0.3 is 10.2 Å². The molecule has 2 aromatic carbocycles. The Balaban J connectivity index is 2.25. The van der Waals surface area contributed by atoms with Crippen LogP contribution in [0.25, 0.3) is 0 Å². The molecule has 0 saturated heterocycles. The zero-order valence-electron chi connectivity index (χ0n) is 12.4. The molecule has 0 unspecified atom stereocenters. The molecule has 0 fully saturated rings. The van der Waals surface area contributed by atoms with E-state index >= 15 is 0 Å². The van der Waals surface area contributed by atoms with E-state index in [2.05, 4.69) is 5.32 Å². The van der Waals surface area contributed by atoms with E-state index in [9.17, 15) is 9.59 Å². The van der Waals surface area contributed by atoms with E-state index in [-0.39, 0.29) is 11.8 Å². The molecule has 108 valence electrons. The third-order valence-electron chi connectivity index (χ3n) is 3.13. The van der Waals surface area contributed by atoms with Crippen LogP contribution in [-0.4, -0.2) is 30.8 Å². The van der Waals surface area contributed by atoms with Crippen molar-refractivity contribution >= 4 is 17.5 Å². The number of para-hydroxylation sites is 1. The van der Waals surface area contributed by atoms with Gasteiger partial charge in [0, 0.05) is 19.7 Å². The second-order valence-corrected chi connectivity index (χ2v) is 5.07. The smallest absolute Gasteiger partial charge is 0.255 e. The van der Waals surface area contributed by atoms with E-state index in [1.54, 1.807) is 50.5 Å². The molecule has 0 bridgehead atoms. The van der Waals surface area contributed by atoms with Gasteiger partial charge in [0.25, 0.3) is 11.8 Å². The van der Waals surface area contributed by atoms with Crippen LogP contribution in [0.1, 0.15) is 26.3 Å². The Morgan fingerprint density at radius 3 is 2.19 bits per heavy atom. The molecule has 0 aromatic heterocycles. The van der Waals surface area contributed by atoms with Crippen LogP contribution in [0.5, 0.6) is 0 Å². The van der Waals surface area contributed by atoms with Crippen LogP contribution in [0.4, 0.5) is 5.69 Å². The van der Waals surface area contributed by atoms with Gasteiger partial charge in [0.05, 0.1) is 11.3 Å². The fourth-order valence-corrected chi connectivity index (χ4v) is 1.92. The van der Waals surface area contributed by atoms with Crippen molar-refractivity contribution in [1.29, 1.82) is 0 Å². The summed E-state index contributed by atoms with van der Waals surface area (Å²) in [6.45, 7) is 1.97. The van der Waals surface area contributed by atoms with Gasteiger partial charge in [0.2, 0.25) is 0 Å². The van der Waals surface area contributed by atoms with Crippen LogP contribution in [0.3, 0.4) is 0 Å². The lowest BCUT2D eigenvalue weighted by Crippen LogP contribution is -2.24. The van der Waals surface area contributed by atoms with Crippen molar-refractivity contribution in [3.05, 3.63) is 65.2 Å². The van der Waals surface area contributed by atoms with Gasteiger partial charge >= 0.3 is 0 Å². The maximum Gasteiger partial charge on any atom is 0.255 e. The normalized spacial score (nSPS) is 10.0. The molecule has 0 spiro atoms. The van der Waals surface area contributed by atoms with Gasteiger partial charge in [-0.05, 0) is 31.2 Å². The van der Waals surface area contributed by atoms with E-state index in [4.69, 9.17) is 0 Å². The summed E-state index contributed by atoms with van der Waals surface area (Å²) in [4.78, 5) is 25.8. The number of hydrogen-bond acceptors (Lipinski definition) is 2. The van der Waals surface area contributed by atoms with E-state index < -0.39 is 0 Å². The van der Waals surface area contributed by atoms with Crippen LogP contribution < -0.4 is 5.32 Å². The van der Waals surface area contributed by atoms with Crippen molar-refractivity contribution in [3.8, 4) is 0 Å². The van der Waals surface area contributed by atoms with E-state index in [1.165, 1.54) is 4.90 Å². The molecule has 2 amide bonds. The molecule has 0 atom stereocenters. The van der Waals surface area contributed by atoms with Crippen LogP contribution in [0.15, 0.2) is 48.5 Å². The lowest BCUT2D eigenvalue weighted by atomic mass is 10.1. The third-order valence-corrected chi connectivity index (χ3v) is 3.13. The Hall–Kier alpha value is -2.62. The fourth-order valence-electron chi connectivity index (χ4n) is 1.92. The number of anilines is 1. The quantitative estimate of drug-likeness (QED) is 0.941. The second-order valence-electron chi connectivity index (χ2n) is 5.07. The van der Waals surface area contributed by atoms with Crippen molar-refractivity contribution in [2.45, 2.75) is 6.92 Å². The first kappa shape index (κ1) is 14.8. The molecule has 0 aliphatic heterocycles. The lowest BCUT2D eigenvalue weighted by Gasteiger charge is -2.14. The number of nitrogens with zero attached hydrogens (tertiary/aromatic N) is 1. The monoisotopic (exact) mass is 282 g/mol. The molecular weight excluding hydrogens is 264 g/mol. The first-order valence-electron chi connectivity index (χ1n) is 6.67. The zero-order valence-corrected chi connectivity index (χ0v) is 12.4. The van der Waals surface area contributed by atoms with Crippen LogP contribution in [0, 0.1) is 6.92 Å².